The van der Waals surface area contributed by atoms with Crippen LogP contribution < -0.4 is 4.72 Å². The minimum Gasteiger partial charge on any atom is -0.477 e. The number of rotatable bonds is 5. The zero-order valence-electron chi connectivity index (χ0n) is 11.1. The van der Waals surface area contributed by atoms with E-state index >= 15 is 0 Å². The number of anilines is 1. The van der Waals surface area contributed by atoms with Crippen LogP contribution in [-0.4, -0.2) is 30.2 Å². The monoisotopic (exact) mass is 298 g/mol. The Morgan fingerprint density at radius 1 is 1.30 bits per heavy atom. The van der Waals surface area contributed by atoms with E-state index in [1.54, 1.807) is 0 Å². The quantitative estimate of drug-likeness (QED) is 0.867. The number of nitrogens with one attached hydrogen (secondary N) is 1. The van der Waals surface area contributed by atoms with Crippen molar-refractivity contribution >= 4 is 21.7 Å². The van der Waals surface area contributed by atoms with Crippen LogP contribution in [-0.2, 0) is 10.0 Å². The highest BCUT2D eigenvalue weighted by Gasteiger charge is 2.21. The van der Waals surface area contributed by atoms with Crippen molar-refractivity contribution in [3.63, 3.8) is 0 Å². The summed E-state index contributed by atoms with van der Waals surface area (Å²) in [6.45, 7) is 0. The van der Waals surface area contributed by atoms with Crippen LogP contribution in [0.2, 0.25) is 0 Å². The Kier molecular flexibility index (Phi) is 4.59. The van der Waals surface area contributed by atoms with E-state index in [2.05, 4.69) is 9.71 Å². The molecule has 2 rings (SSSR count). The molecule has 20 heavy (non-hydrogen) atoms. The van der Waals surface area contributed by atoms with Crippen molar-refractivity contribution in [1.82, 2.24) is 4.98 Å². The van der Waals surface area contributed by atoms with Crippen molar-refractivity contribution in [2.45, 2.75) is 32.1 Å². The van der Waals surface area contributed by atoms with Crippen LogP contribution in [0, 0.1) is 5.92 Å². The van der Waals surface area contributed by atoms with Crippen LogP contribution >= 0.6 is 0 Å². The van der Waals surface area contributed by atoms with E-state index in [0.29, 0.717) is 5.69 Å². The molecule has 0 bridgehead atoms. The van der Waals surface area contributed by atoms with E-state index in [1.807, 2.05) is 0 Å². The highest BCUT2D eigenvalue weighted by Crippen LogP contribution is 2.25. The average Bonchev–Trinajstić information content (AvgIpc) is 2.39. The van der Waals surface area contributed by atoms with Crippen LogP contribution in [0.3, 0.4) is 0 Å². The molecule has 7 heteroatoms. The van der Waals surface area contributed by atoms with Crippen molar-refractivity contribution in [2.75, 3.05) is 10.5 Å². The van der Waals surface area contributed by atoms with Gasteiger partial charge in [0.25, 0.3) is 0 Å². The number of hydrogen-bond acceptors (Lipinski definition) is 4. The standard InChI is InChI=1S/C13H18N2O4S/c16-13(17)12-7-6-11(8-14-12)15-20(18,19)9-10-4-2-1-3-5-10/h6-8,10,15H,1-5,9H2,(H,16,17). The fourth-order valence-corrected chi connectivity index (χ4v) is 3.98. The Balaban J connectivity index is 1.98. The number of pyridine rings is 1. The third kappa shape index (κ3) is 4.19. The molecule has 2 N–H and O–H groups in total. The summed E-state index contributed by atoms with van der Waals surface area (Å²) in [7, 11) is -3.40. The number of carboxylic acids is 1. The molecule has 6 nitrogen and oxygen atoms in total. The summed E-state index contributed by atoms with van der Waals surface area (Å²) >= 11 is 0. The van der Waals surface area contributed by atoms with Crippen LogP contribution in [0.25, 0.3) is 0 Å². The molecule has 1 aromatic rings. The van der Waals surface area contributed by atoms with E-state index in [9.17, 15) is 13.2 Å². The number of aromatic nitrogens is 1. The lowest BCUT2D eigenvalue weighted by molar-refractivity contribution is 0.0690. The number of sulfonamides is 1. The first-order valence-corrected chi connectivity index (χ1v) is 8.31. The number of carbonyl (C=O) groups is 1. The first kappa shape index (κ1) is 14.8. The van der Waals surface area contributed by atoms with Gasteiger partial charge in [-0.25, -0.2) is 18.2 Å². The van der Waals surface area contributed by atoms with E-state index in [-0.39, 0.29) is 17.4 Å². The van der Waals surface area contributed by atoms with Crippen molar-refractivity contribution in [2.24, 2.45) is 5.92 Å². The van der Waals surface area contributed by atoms with Crippen molar-refractivity contribution in [3.05, 3.63) is 24.0 Å². The Morgan fingerprint density at radius 2 is 2.00 bits per heavy atom. The normalized spacial score (nSPS) is 16.8. The maximum atomic E-state index is 12.0. The third-order valence-electron chi connectivity index (χ3n) is 3.44. The summed E-state index contributed by atoms with van der Waals surface area (Å²) in [6.07, 6.45) is 6.50. The smallest absolute Gasteiger partial charge is 0.354 e. The van der Waals surface area contributed by atoms with E-state index in [4.69, 9.17) is 5.11 Å². The Bertz CT molecular complexity index is 563. The predicted molar refractivity (Wildman–Crippen MR) is 75.2 cm³/mol. The minimum absolute atomic E-state index is 0.111. The van der Waals surface area contributed by atoms with Gasteiger partial charge in [-0.2, -0.15) is 0 Å². The van der Waals surface area contributed by atoms with Crippen LogP contribution in [0.5, 0.6) is 0 Å². The summed E-state index contributed by atoms with van der Waals surface area (Å²) < 4.78 is 26.5. The maximum Gasteiger partial charge on any atom is 0.354 e. The minimum atomic E-state index is -3.40. The van der Waals surface area contributed by atoms with Crippen LogP contribution in [0.1, 0.15) is 42.6 Å². The molecule has 0 aromatic carbocycles. The fraction of sp³-hybridized carbons (Fsp3) is 0.538. The van der Waals surface area contributed by atoms with Crippen molar-refractivity contribution < 1.29 is 18.3 Å². The number of nitrogens with zero attached hydrogens (tertiary/aromatic N) is 1. The maximum absolute atomic E-state index is 12.0. The molecule has 110 valence electrons. The lowest BCUT2D eigenvalue weighted by atomic mass is 9.91. The van der Waals surface area contributed by atoms with Crippen molar-refractivity contribution in [1.29, 1.82) is 0 Å². The van der Waals surface area contributed by atoms with E-state index in [0.717, 1.165) is 25.7 Å². The SMILES string of the molecule is O=C(O)c1ccc(NS(=O)(=O)CC2CCCCC2)cn1. The number of carboxylic acid groups (broad SMARTS) is 1. The molecule has 1 fully saturated rings. The predicted octanol–water partition coefficient (Wildman–Crippen LogP) is 2.10. The van der Waals surface area contributed by atoms with Gasteiger partial charge < -0.3 is 5.11 Å². The van der Waals surface area contributed by atoms with Gasteiger partial charge in [-0.15, -0.1) is 0 Å². The fourth-order valence-electron chi connectivity index (χ4n) is 2.47. The molecule has 0 radical (unpaired) electrons. The van der Waals surface area contributed by atoms with Gasteiger partial charge in [0.15, 0.2) is 0 Å². The lowest BCUT2D eigenvalue weighted by Crippen LogP contribution is -2.24. The number of aromatic carboxylic acids is 1. The molecule has 0 unspecified atom stereocenters. The van der Waals surface area contributed by atoms with Gasteiger partial charge in [0.1, 0.15) is 5.69 Å². The summed E-state index contributed by atoms with van der Waals surface area (Å²) in [5.74, 6) is -0.803. The second kappa shape index (κ2) is 6.21. The van der Waals surface area contributed by atoms with E-state index < -0.39 is 16.0 Å². The molecule has 0 amide bonds. The summed E-state index contributed by atoms with van der Waals surface area (Å²) in [4.78, 5) is 14.3. The molecule has 1 aromatic heterocycles. The highest BCUT2D eigenvalue weighted by molar-refractivity contribution is 7.92. The average molecular weight is 298 g/mol. The third-order valence-corrected chi connectivity index (χ3v) is 4.89. The summed E-state index contributed by atoms with van der Waals surface area (Å²) in [5.41, 5.74) is 0.186. The van der Waals surface area contributed by atoms with Gasteiger partial charge in [-0.1, -0.05) is 19.3 Å². The zero-order valence-corrected chi connectivity index (χ0v) is 11.9. The van der Waals surface area contributed by atoms with Crippen LogP contribution in [0.4, 0.5) is 5.69 Å². The molecule has 0 spiro atoms. The first-order chi connectivity index (χ1) is 9.46. The largest absolute Gasteiger partial charge is 0.477 e. The van der Waals surface area contributed by atoms with Gasteiger partial charge in [0.2, 0.25) is 10.0 Å². The molecule has 0 aliphatic heterocycles. The molecule has 0 saturated heterocycles. The van der Waals surface area contributed by atoms with Crippen molar-refractivity contribution in [3.8, 4) is 0 Å². The zero-order chi connectivity index (χ0) is 14.6. The Hall–Kier alpha value is -1.63. The molecule has 1 heterocycles. The molecule has 1 aliphatic rings. The second-order valence-corrected chi connectivity index (χ2v) is 6.89. The molecular formula is C13H18N2O4S. The summed E-state index contributed by atoms with van der Waals surface area (Å²) in [6, 6.07) is 2.69. The first-order valence-electron chi connectivity index (χ1n) is 6.66. The Labute approximate surface area is 118 Å². The van der Waals surface area contributed by atoms with Gasteiger partial charge >= 0.3 is 5.97 Å². The van der Waals surface area contributed by atoms with Gasteiger partial charge in [0.05, 0.1) is 17.6 Å². The van der Waals surface area contributed by atoms with Gasteiger partial charge in [0, 0.05) is 0 Å². The molecule has 0 atom stereocenters. The van der Waals surface area contributed by atoms with Gasteiger partial charge in [-0.3, -0.25) is 4.72 Å². The molecular weight excluding hydrogens is 280 g/mol. The van der Waals surface area contributed by atoms with Crippen LogP contribution in [0.15, 0.2) is 18.3 Å². The highest BCUT2D eigenvalue weighted by atomic mass is 32.2. The number of hydrogen-bond donors (Lipinski definition) is 2. The lowest BCUT2D eigenvalue weighted by Gasteiger charge is -2.21. The second-order valence-electron chi connectivity index (χ2n) is 5.12. The summed E-state index contributed by atoms with van der Waals surface area (Å²) in [5, 5.41) is 8.72. The van der Waals surface area contributed by atoms with Gasteiger partial charge in [-0.05, 0) is 30.9 Å². The molecule has 1 saturated carbocycles. The Morgan fingerprint density at radius 3 is 2.55 bits per heavy atom. The topological polar surface area (TPSA) is 96.4 Å². The molecule has 1 aliphatic carbocycles. The van der Waals surface area contributed by atoms with E-state index in [1.165, 1.54) is 24.8 Å².